The molecule has 3 aromatic rings. The van der Waals surface area contributed by atoms with Crippen LogP contribution in [0.25, 0.3) is 0 Å². The molecule has 1 N–H and O–H groups in total. The molecule has 0 bridgehead atoms. The second-order valence-electron chi connectivity index (χ2n) is 5.51. The van der Waals surface area contributed by atoms with Gasteiger partial charge in [0.2, 0.25) is 0 Å². The fourth-order valence-electron chi connectivity index (χ4n) is 2.52. The first-order valence-corrected chi connectivity index (χ1v) is 10.5. The quantitative estimate of drug-likeness (QED) is 0.521. The largest absolute Gasteiger partial charge is 0.772 e. The van der Waals surface area contributed by atoms with E-state index in [-0.39, 0.29) is 6.42 Å². The third-order valence-corrected chi connectivity index (χ3v) is 5.95. The number of hydrogen-bond acceptors (Lipinski definition) is 6. The van der Waals surface area contributed by atoms with E-state index in [2.05, 4.69) is 20.9 Å². The lowest BCUT2D eigenvalue weighted by Gasteiger charge is -2.21. The van der Waals surface area contributed by atoms with Crippen LogP contribution in [0.2, 0.25) is 0 Å². The standard InChI is InChI=1S/C18H14BrNO5S2/c19-12-4-5-15(25-13-3-1-2-11(8-13)9-16(21)22)14(10-12)17(27(23)24)18-20-6-7-26-18/h1-8,10,17H,9H2,(H,21,22)(H,23,24)/p-1. The number of carboxylic acid groups (broad SMARTS) is 1. The maximum absolute atomic E-state index is 11.9. The zero-order valence-electron chi connectivity index (χ0n) is 13.7. The van der Waals surface area contributed by atoms with Gasteiger partial charge in [0.25, 0.3) is 0 Å². The van der Waals surface area contributed by atoms with Gasteiger partial charge in [-0.2, -0.15) is 0 Å². The average molecular weight is 467 g/mol. The number of carbonyl (C=O) groups is 1. The summed E-state index contributed by atoms with van der Waals surface area (Å²) in [6, 6.07) is 11.8. The van der Waals surface area contributed by atoms with Gasteiger partial charge in [-0.25, -0.2) is 4.98 Å². The van der Waals surface area contributed by atoms with Crippen molar-refractivity contribution in [2.24, 2.45) is 0 Å². The summed E-state index contributed by atoms with van der Waals surface area (Å²) < 4.78 is 30.5. The average Bonchev–Trinajstić information content (AvgIpc) is 3.11. The van der Waals surface area contributed by atoms with E-state index in [9.17, 15) is 13.6 Å². The summed E-state index contributed by atoms with van der Waals surface area (Å²) in [7, 11) is 0. The van der Waals surface area contributed by atoms with E-state index in [1.165, 1.54) is 11.3 Å². The molecule has 1 heterocycles. The zero-order chi connectivity index (χ0) is 19.4. The molecule has 0 aliphatic carbocycles. The molecule has 0 fully saturated rings. The van der Waals surface area contributed by atoms with Gasteiger partial charge in [-0.1, -0.05) is 28.1 Å². The summed E-state index contributed by atoms with van der Waals surface area (Å²) in [4.78, 5) is 15.0. The minimum absolute atomic E-state index is 0.128. The van der Waals surface area contributed by atoms with E-state index >= 15 is 0 Å². The van der Waals surface area contributed by atoms with E-state index in [1.807, 2.05) is 0 Å². The Hall–Kier alpha value is -2.07. The highest BCUT2D eigenvalue weighted by Gasteiger charge is 2.23. The van der Waals surface area contributed by atoms with Crippen LogP contribution in [0.5, 0.6) is 11.5 Å². The number of nitrogens with zero attached hydrogens (tertiary/aromatic N) is 1. The Morgan fingerprint density at radius 3 is 2.81 bits per heavy atom. The topological polar surface area (TPSA) is 99.6 Å². The van der Waals surface area contributed by atoms with Crippen LogP contribution in [-0.4, -0.2) is 24.8 Å². The molecule has 0 aliphatic heterocycles. The molecular weight excluding hydrogens is 454 g/mol. The van der Waals surface area contributed by atoms with E-state index in [0.717, 1.165) is 0 Å². The first-order chi connectivity index (χ1) is 12.9. The molecule has 2 unspecified atom stereocenters. The lowest BCUT2D eigenvalue weighted by atomic mass is 10.1. The minimum atomic E-state index is -2.45. The summed E-state index contributed by atoms with van der Waals surface area (Å²) in [6.07, 6.45) is 1.42. The lowest BCUT2D eigenvalue weighted by Crippen LogP contribution is -2.09. The summed E-state index contributed by atoms with van der Waals surface area (Å²) in [5.41, 5.74) is 1.03. The second kappa shape index (κ2) is 8.75. The van der Waals surface area contributed by atoms with E-state index in [0.29, 0.717) is 32.1 Å². The predicted octanol–water partition coefficient (Wildman–Crippen LogP) is 4.29. The molecule has 6 nitrogen and oxygen atoms in total. The Morgan fingerprint density at radius 2 is 2.15 bits per heavy atom. The normalized spacial score (nSPS) is 13.1. The van der Waals surface area contributed by atoms with Gasteiger partial charge in [-0.05, 0) is 47.0 Å². The highest BCUT2D eigenvalue weighted by Crippen LogP contribution is 2.38. The Bertz CT molecular complexity index is 978. The monoisotopic (exact) mass is 466 g/mol. The van der Waals surface area contributed by atoms with Crippen LogP contribution in [0.15, 0.2) is 58.5 Å². The first-order valence-electron chi connectivity index (χ1n) is 7.69. The van der Waals surface area contributed by atoms with E-state index < -0.39 is 22.3 Å². The molecule has 27 heavy (non-hydrogen) atoms. The first kappa shape index (κ1) is 19.7. The van der Waals surface area contributed by atoms with Crippen LogP contribution < -0.4 is 4.74 Å². The van der Waals surface area contributed by atoms with Crippen molar-refractivity contribution in [3.05, 3.63) is 74.6 Å². The maximum atomic E-state index is 11.9. The smallest absolute Gasteiger partial charge is 0.307 e. The number of halogens is 1. The van der Waals surface area contributed by atoms with Crippen molar-refractivity contribution in [1.29, 1.82) is 0 Å². The second-order valence-corrected chi connectivity index (χ2v) is 8.35. The molecule has 9 heteroatoms. The highest BCUT2D eigenvalue weighted by atomic mass is 79.9. The molecule has 2 atom stereocenters. The number of hydrogen-bond donors (Lipinski definition) is 1. The van der Waals surface area contributed by atoms with Gasteiger partial charge in [-0.3, -0.25) is 9.00 Å². The summed E-state index contributed by atoms with van der Waals surface area (Å²) in [5, 5.41) is 10.1. The molecular formula is C18H13BrNO5S2-. The molecule has 3 rings (SSSR count). The van der Waals surface area contributed by atoms with Crippen molar-refractivity contribution in [3.8, 4) is 11.5 Å². The van der Waals surface area contributed by atoms with Crippen molar-refractivity contribution >= 4 is 44.3 Å². The van der Waals surface area contributed by atoms with Crippen molar-refractivity contribution in [1.82, 2.24) is 4.98 Å². The van der Waals surface area contributed by atoms with Crippen molar-refractivity contribution in [2.75, 3.05) is 0 Å². The Kier molecular flexibility index (Phi) is 6.38. The molecule has 2 aromatic carbocycles. The SMILES string of the molecule is O=C(O)Cc1cccc(Oc2ccc(Br)cc2C(c2nccs2)S(=O)[O-])c1. The molecule has 0 spiro atoms. The lowest BCUT2D eigenvalue weighted by molar-refractivity contribution is -0.136. The van der Waals surface area contributed by atoms with Gasteiger partial charge in [0.05, 0.1) is 6.42 Å². The molecule has 0 radical (unpaired) electrons. The van der Waals surface area contributed by atoms with Gasteiger partial charge in [0.15, 0.2) is 0 Å². The van der Waals surface area contributed by atoms with Crippen molar-refractivity contribution < 1.29 is 23.4 Å². The minimum Gasteiger partial charge on any atom is -0.772 e. The fraction of sp³-hybridized carbons (Fsp3) is 0.111. The number of aliphatic carboxylic acids is 1. The van der Waals surface area contributed by atoms with Crippen LogP contribution in [0.4, 0.5) is 0 Å². The van der Waals surface area contributed by atoms with E-state index in [1.54, 1.807) is 54.0 Å². The summed E-state index contributed by atoms with van der Waals surface area (Å²) >= 11 is 2.15. The predicted molar refractivity (Wildman–Crippen MR) is 105 cm³/mol. The number of rotatable bonds is 7. The fourth-order valence-corrected chi connectivity index (χ4v) is 4.55. The van der Waals surface area contributed by atoms with Crippen LogP contribution in [0, 0.1) is 0 Å². The Morgan fingerprint density at radius 1 is 1.33 bits per heavy atom. The van der Waals surface area contributed by atoms with Gasteiger partial charge in [0.1, 0.15) is 21.8 Å². The van der Waals surface area contributed by atoms with Crippen LogP contribution >= 0.6 is 27.3 Å². The number of benzene rings is 2. The van der Waals surface area contributed by atoms with Gasteiger partial charge < -0.3 is 14.4 Å². The molecule has 140 valence electrons. The number of ether oxygens (including phenoxy) is 1. The molecule has 1 aromatic heterocycles. The van der Waals surface area contributed by atoms with Crippen molar-refractivity contribution in [3.63, 3.8) is 0 Å². The van der Waals surface area contributed by atoms with Gasteiger partial charge >= 0.3 is 5.97 Å². The van der Waals surface area contributed by atoms with Gasteiger partial charge in [-0.15, -0.1) is 11.3 Å². The maximum Gasteiger partial charge on any atom is 0.307 e. The Labute approximate surface area is 170 Å². The molecule has 0 saturated carbocycles. The van der Waals surface area contributed by atoms with E-state index in [4.69, 9.17) is 9.84 Å². The Balaban J connectivity index is 2.00. The third-order valence-electron chi connectivity index (χ3n) is 3.60. The van der Waals surface area contributed by atoms with Crippen LogP contribution in [0.1, 0.15) is 21.4 Å². The third kappa shape index (κ3) is 5.01. The molecule has 0 saturated heterocycles. The molecule has 0 amide bonds. The zero-order valence-corrected chi connectivity index (χ0v) is 16.9. The van der Waals surface area contributed by atoms with Crippen molar-refractivity contribution in [2.45, 2.75) is 11.7 Å². The summed E-state index contributed by atoms with van der Waals surface area (Å²) in [5.74, 6) is -0.163. The summed E-state index contributed by atoms with van der Waals surface area (Å²) in [6.45, 7) is 0. The van der Waals surface area contributed by atoms with Crippen LogP contribution in [-0.2, 0) is 22.3 Å². The number of aromatic nitrogens is 1. The number of carboxylic acids is 1. The molecule has 0 aliphatic rings. The van der Waals surface area contributed by atoms with Crippen LogP contribution in [0.3, 0.4) is 0 Å². The van der Waals surface area contributed by atoms with Gasteiger partial charge in [0, 0.05) is 21.6 Å². The highest BCUT2D eigenvalue weighted by molar-refractivity contribution is 9.10. The number of thiazole rings is 1.